The summed E-state index contributed by atoms with van der Waals surface area (Å²) in [6, 6.07) is 16.5. The fraction of sp³-hybridized carbons (Fsp3) is 0.292. The predicted octanol–water partition coefficient (Wildman–Crippen LogP) is 4.06. The second-order valence-electron chi connectivity index (χ2n) is 6.65. The van der Waals surface area contributed by atoms with Gasteiger partial charge in [0.1, 0.15) is 11.6 Å². The van der Waals surface area contributed by atoms with Gasteiger partial charge in [0.15, 0.2) is 11.5 Å². The van der Waals surface area contributed by atoms with Gasteiger partial charge in [-0.2, -0.15) is 5.26 Å². The largest absolute Gasteiger partial charge is 0.493 e. The zero-order valence-electron chi connectivity index (χ0n) is 17.3. The number of hydrogen-bond donors (Lipinski definition) is 1. The number of ether oxygens (including phenoxy) is 2. The van der Waals surface area contributed by atoms with Crippen molar-refractivity contribution >= 4 is 18.0 Å². The number of nitriles is 1. The molecule has 2 aromatic carbocycles. The Labute approximate surface area is 177 Å². The van der Waals surface area contributed by atoms with Crippen LogP contribution in [0.1, 0.15) is 37.3 Å². The van der Waals surface area contributed by atoms with Gasteiger partial charge < -0.3 is 14.8 Å². The number of nitrogens with one attached hydrogen (secondary N) is 1. The third kappa shape index (κ3) is 7.10. The highest BCUT2D eigenvalue weighted by molar-refractivity contribution is 6.01. The van der Waals surface area contributed by atoms with E-state index >= 15 is 0 Å². The Hall–Kier alpha value is -3.59. The summed E-state index contributed by atoms with van der Waals surface area (Å²) in [5, 5.41) is 12.0. The van der Waals surface area contributed by atoms with Crippen LogP contribution in [0, 0.1) is 11.3 Å². The minimum atomic E-state index is -0.415. The molecule has 0 fully saturated rings. The van der Waals surface area contributed by atoms with Crippen LogP contribution in [0.5, 0.6) is 11.5 Å². The van der Waals surface area contributed by atoms with Crippen molar-refractivity contribution in [3.8, 4) is 17.6 Å². The van der Waals surface area contributed by atoms with E-state index in [1.807, 2.05) is 43.3 Å². The van der Waals surface area contributed by atoms with Crippen molar-refractivity contribution in [1.29, 1.82) is 5.26 Å². The molecule has 0 atom stereocenters. The maximum absolute atomic E-state index is 12.2. The highest BCUT2D eigenvalue weighted by Gasteiger charge is 2.13. The zero-order valence-corrected chi connectivity index (χ0v) is 17.3. The summed E-state index contributed by atoms with van der Waals surface area (Å²) in [6.45, 7) is 2.55. The molecule has 6 heteroatoms. The maximum atomic E-state index is 12.2. The molecule has 0 bridgehead atoms. The predicted molar refractivity (Wildman–Crippen MR) is 115 cm³/mol. The molecular weight excluding hydrogens is 380 g/mol. The molecule has 0 heterocycles. The number of rotatable bonds is 10. The van der Waals surface area contributed by atoms with Crippen LogP contribution in [0.3, 0.4) is 0 Å². The van der Waals surface area contributed by atoms with Gasteiger partial charge in [0, 0.05) is 13.0 Å². The molecule has 156 valence electrons. The minimum absolute atomic E-state index is 0.000706. The first-order chi connectivity index (χ1) is 14.6. The van der Waals surface area contributed by atoms with Gasteiger partial charge in [-0.1, -0.05) is 49.7 Å². The second kappa shape index (κ2) is 12.1. The third-order valence-electron chi connectivity index (χ3n) is 4.36. The van der Waals surface area contributed by atoms with E-state index < -0.39 is 5.91 Å². The Balaban J connectivity index is 2.05. The van der Waals surface area contributed by atoms with Crippen LogP contribution in [0.15, 0.2) is 54.1 Å². The van der Waals surface area contributed by atoms with Gasteiger partial charge in [-0.25, -0.2) is 0 Å². The lowest BCUT2D eigenvalue weighted by Gasteiger charge is -2.10. The SMILES string of the molecule is CCCCNC(=O)/C(C#N)=C/c1ccc(OC(=O)CCc2ccccc2)c(OC)c1. The lowest BCUT2D eigenvalue weighted by atomic mass is 10.1. The van der Waals surface area contributed by atoms with Crippen LogP contribution in [0.4, 0.5) is 0 Å². The van der Waals surface area contributed by atoms with Crippen molar-refractivity contribution in [1.82, 2.24) is 5.32 Å². The number of carbonyl (C=O) groups is 2. The number of nitrogens with zero attached hydrogens (tertiary/aromatic N) is 1. The van der Waals surface area contributed by atoms with Gasteiger partial charge in [-0.05, 0) is 42.2 Å². The first-order valence-electron chi connectivity index (χ1n) is 9.90. The molecule has 2 aromatic rings. The Bertz CT molecular complexity index is 930. The molecule has 0 aliphatic heterocycles. The van der Waals surface area contributed by atoms with E-state index in [4.69, 9.17) is 9.47 Å². The van der Waals surface area contributed by atoms with Crippen LogP contribution in [0.2, 0.25) is 0 Å². The van der Waals surface area contributed by atoms with Crippen molar-refractivity contribution in [2.24, 2.45) is 0 Å². The lowest BCUT2D eigenvalue weighted by molar-refractivity contribution is -0.134. The molecule has 0 spiro atoms. The average Bonchev–Trinajstić information content (AvgIpc) is 2.77. The molecule has 0 aliphatic carbocycles. The highest BCUT2D eigenvalue weighted by Crippen LogP contribution is 2.29. The van der Waals surface area contributed by atoms with Gasteiger partial charge in [-0.3, -0.25) is 9.59 Å². The Morgan fingerprint density at radius 3 is 2.57 bits per heavy atom. The van der Waals surface area contributed by atoms with E-state index in [9.17, 15) is 14.9 Å². The molecule has 0 saturated heterocycles. The van der Waals surface area contributed by atoms with Crippen molar-refractivity contribution in [2.75, 3.05) is 13.7 Å². The highest BCUT2D eigenvalue weighted by atomic mass is 16.6. The van der Waals surface area contributed by atoms with Gasteiger partial charge in [-0.15, -0.1) is 0 Å². The van der Waals surface area contributed by atoms with E-state index in [2.05, 4.69) is 5.32 Å². The van der Waals surface area contributed by atoms with Crippen LogP contribution in [-0.2, 0) is 16.0 Å². The number of amides is 1. The van der Waals surface area contributed by atoms with Crippen LogP contribution in [-0.4, -0.2) is 25.5 Å². The minimum Gasteiger partial charge on any atom is -0.493 e. The smallest absolute Gasteiger partial charge is 0.311 e. The summed E-state index contributed by atoms with van der Waals surface area (Å²) in [5.74, 6) is -0.145. The second-order valence-corrected chi connectivity index (χ2v) is 6.65. The number of unbranched alkanes of at least 4 members (excludes halogenated alkanes) is 1. The third-order valence-corrected chi connectivity index (χ3v) is 4.36. The molecule has 0 aliphatic rings. The number of methoxy groups -OCH3 is 1. The van der Waals surface area contributed by atoms with Gasteiger partial charge in [0.2, 0.25) is 0 Å². The summed E-state index contributed by atoms with van der Waals surface area (Å²) in [7, 11) is 1.47. The summed E-state index contributed by atoms with van der Waals surface area (Å²) in [6.07, 6.45) is 4.11. The number of benzene rings is 2. The van der Waals surface area contributed by atoms with Crippen molar-refractivity contribution in [2.45, 2.75) is 32.6 Å². The standard InChI is InChI=1S/C24H26N2O4/c1-3-4-14-26-24(28)20(17-25)15-19-10-12-21(22(16-19)29-2)30-23(27)13-11-18-8-6-5-7-9-18/h5-10,12,15-16H,3-4,11,13-14H2,1-2H3,(H,26,28)/b20-15+. The van der Waals surface area contributed by atoms with E-state index in [0.717, 1.165) is 18.4 Å². The molecular formula is C24H26N2O4. The van der Waals surface area contributed by atoms with Crippen molar-refractivity contribution in [3.05, 3.63) is 65.2 Å². The first kappa shape index (κ1) is 22.7. The summed E-state index contributed by atoms with van der Waals surface area (Å²) >= 11 is 0. The van der Waals surface area contributed by atoms with Crippen molar-refractivity contribution in [3.63, 3.8) is 0 Å². The van der Waals surface area contributed by atoms with E-state index in [1.165, 1.54) is 13.2 Å². The lowest BCUT2D eigenvalue weighted by Crippen LogP contribution is -2.25. The Morgan fingerprint density at radius 1 is 1.13 bits per heavy atom. The quantitative estimate of drug-likeness (QED) is 0.211. The fourth-order valence-corrected chi connectivity index (χ4v) is 2.71. The fourth-order valence-electron chi connectivity index (χ4n) is 2.71. The summed E-state index contributed by atoms with van der Waals surface area (Å²) in [4.78, 5) is 24.3. The molecule has 0 radical (unpaired) electrons. The van der Waals surface area contributed by atoms with Crippen LogP contribution < -0.4 is 14.8 Å². The number of hydrogen-bond acceptors (Lipinski definition) is 5. The van der Waals surface area contributed by atoms with Crippen LogP contribution >= 0.6 is 0 Å². The van der Waals surface area contributed by atoms with Crippen molar-refractivity contribution < 1.29 is 19.1 Å². The monoisotopic (exact) mass is 406 g/mol. The van der Waals surface area contributed by atoms with Gasteiger partial charge in [0.05, 0.1) is 7.11 Å². The number of esters is 1. The van der Waals surface area contributed by atoms with E-state index in [-0.39, 0.29) is 18.0 Å². The molecule has 1 amide bonds. The van der Waals surface area contributed by atoms with Gasteiger partial charge >= 0.3 is 5.97 Å². The summed E-state index contributed by atoms with van der Waals surface area (Å²) < 4.78 is 10.7. The molecule has 0 aromatic heterocycles. The Kier molecular flexibility index (Phi) is 9.14. The molecule has 0 unspecified atom stereocenters. The maximum Gasteiger partial charge on any atom is 0.311 e. The van der Waals surface area contributed by atoms with Gasteiger partial charge in [0.25, 0.3) is 5.91 Å². The molecule has 6 nitrogen and oxygen atoms in total. The number of aryl methyl sites for hydroxylation is 1. The molecule has 30 heavy (non-hydrogen) atoms. The molecule has 2 rings (SSSR count). The topological polar surface area (TPSA) is 88.4 Å². The van der Waals surface area contributed by atoms with E-state index in [1.54, 1.807) is 18.2 Å². The first-order valence-corrected chi connectivity index (χ1v) is 9.90. The van der Waals surface area contributed by atoms with Crippen LogP contribution in [0.25, 0.3) is 6.08 Å². The average molecular weight is 406 g/mol. The molecule has 1 N–H and O–H groups in total. The normalized spacial score (nSPS) is 10.8. The van der Waals surface area contributed by atoms with E-state index in [0.29, 0.717) is 30.0 Å². The summed E-state index contributed by atoms with van der Waals surface area (Å²) in [5.41, 5.74) is 1.65. The number of carbonyl (C=O) groups excluding carboxylic acids is 2. The Morgan fingerprint density at radius 2 is 1.90 bits per heavy atom. The molecule has 0 saturated carbocycles. The zero-order chi connectivity index (χ0) is 21.8.